The molecule has 0 aliphatic heterocycles. The van der Waals surface area contributed by atoms with Crippen LogP contribution in [0.25, 0.3) is 0 Å². The van der Waals surface area contributed by atoms with E-state index in [1.165, 1.54) is 18.5 Å². The van der Waals surface area contributed by atoms with Gasteiger partial charge in [-0.3, -0.25) is 9.71 Å². The summed E-state index contributed by atoms with van der Waals surface area (Å²) in [5.41, 5.74) is 1.24. The number of aryl methyl sites for hydroxylation is 1. The van der Waals surface area contributed by atoms with E-state index in [4.69, 9.17) is 11.6 Å². The SMILES string of the molecule is Cc1ccc(Cl)cc1NS(=O)(=O)c1cncc(Br)c1. The third kappa shape index (κ3) is 3.46. The largest absolute Gasteiger partial charge is 0.279 e. The number of nitrogens with one attached hydrogen (secondary N) is 1. The van der Waals surface area contributed by atoms with Gasteiger partial charge in [-0.05, 0) is 46.6 Å². The van der Waals surface area contributed by atoms with Gasteiger partial charge in [0, 0.05) is 21.9 Å². The summed E-state index contributed by atoms with van der Waals surface area (Å²) in [6.45, 7) is 1.80. The minimum Gasteiger partial charge on any atom is -0.279 e. The molecule has 0 amide bonds. The van der Waals surface area contributed by atoms with Crippen molar-refractivity contribution in [2.75, 3.05) is 4.72 Å². The number of hydrogen-bond acceptors (Lipinski definition) is 3. The molecule has 1 heterocycles. The maximum Gasteiger partial charge on any atom is 0.263 e. The molecule has 100 valence electrons. The van der Waals surface area contributed by atoms with Crippen LogP contribution in [0.15, 0.2) is 46.0 Å². The van der Waals surface area contributed by atoms with Crippen LogP contribution < -0.4 is 4.72 Å². The lowest BCUT2D eigenvalue weighted by molar-refractivity contribution is 0.600. The van der Waals surface area contributed by atoms with Gasteiger partial charge < -0.3 is 0 Å². The number of halogens is 2. The van der Waals surface area contributed by atoms with Crippen LogP contribution in [0.1, 0.15) is 5.56 Å². The number of hydrogen-bond donors (Lipinski definition) is 1. The van der Waals surface area contributed by atoms with Gasteiger partial charge in [0.2, 0.25) is 0 Å². The first-order valence-corrected chi connectivity index (χ1v) is 7.93. The zero-order valence-electron chi connectivity index (χ0n) is 9.89. The molecule has 19 heavy (non-hydrogen) atoms. The van der Waals surface area contributed by atoms with Crippen molar-refractivity contribution in [3.05, 3.63) is 51.7 Å². The summed E-state index contributed by atoms with van der Waals surface area (Å²) in [7, 11) is -3.68. The van der Waals surface area contributed by atoms with Crippen molar-refractivity contribution in [3.8, 4) is 0 Å². The minimum atomic E-state index is -3.68. The third-order valence-corrected chi connectivity index (χ3v) is 4.44. The average Bonchev–Trinajstić information content (AvgIpc) is 2.33. The molecular weight excluding hydrogens is 352 g/mol. The lowest BCUT2D eigenvalue weighted by Gasteiger charge is -2.10. The fraction of sp³-hybridized carbons (Fsp3) is 0.0833. The van der Waals surface area contributed by atoms with Crippen LogP contribution in [-0.2, 0) is 10.0 Å². The van der Waals surface area contributed by atoms with E-state index >= 15 is 0 Å². The van der Waals surface area contributed by atoms with Crippen LogP contribution in [0.4, 0.5) is 5.69 Å². The van der Waals surface area contributed by atoms with Crippen LogP contribution in [0.3, 0.4) is 0 Å². The Bertz CT molecular complexity index is 719. The molecule has 7 heteroatoms. The van der Waals surface area contributed by atoms with Crippen molar-refractivity contribution in [1.29, 1.82) is 0 Å². The normalized spacial score (nSPS) is 11.3. The van der Waals surface area contributed by atoms with E-state index in [1.54, 1.807) is 25.1 Å². The van der Waals surface area contributed by atoms with E-state index < -0.39 is 10.0 Å². The average molecular weight is 362 g/mol. The molecule has 1 aromatic heterocycles. The van der Waals surface area contributed by atoms with E-state index in [2.05, 4.69) is 25.6 Å². The number of rotatable bonds is 3. The number of anilines is 1. The smallest absolute Gasteiger partial charge is 0.263 e. The number of pyridine rings is 1. The molecule has 0 radical (unpaired) electrons. The van der Waals surface area contributed by atoms with Gasteiger partial charge in [-0.2, -0.15) is 0 Å². The fourth-order valence-corrected chi connectivity index (χ4v) is 3.24. The highest BCUT2D eigenvalue weighted by Gasteiger charge is 2.16. The first-order chi connectivity index (χ1) is 8.88. The van der Waals surface area contributed by atoms with Crippen LogP contribution >= 0.6 is 27.5 Å². The van der Waals surface area contributed by atoms with Crippen molar-refractivity contribution in [1.82, 2.24) is 4.98 Å². The Hall–Kier alpha value is -1.11. The van der Waals surface area contributed by atoms with Crippen molar-refractivity contribution >= 4 is 43.2 Å². The van der Waals surface area contributed by atoms with Gasteiger partial charge in [0.05, 0.1) is 5.69 Å². The lowest BCUT2D eigenvalue weighted by atomic mass is 10.2. The van der Waals surface area contributed by atoms with Crippen LogP contribution in [-0.4, -0.2) is 13.4 Å². The van der Waals surface area contributed by atoms with Crippen LogP contribution in [0.2, 0.25) is 5.02 Å². The topological polar surface area (TPSA) is 59.1 Å². The minimum absolute atomic E-state index is 0.0845. The second-order valence-electron chi connectivity index (χ2n) is 3.90. The van der Waals surface area contributed by atoms with Gasteiger partial charge in [-0.1, -0.05) is 17.7 Å². The molecule has 0 fully saturated rings. The summed E-state index contributed by atoms with van der Waals surface area (Å²) in [6, 6.07) is 6.50. The number of benzene rings is 1. The Morgan fingerprint density at radius 1 is 1.26 bits per heavy atom. The first-order valence-electron chi connectivity index (χ1n) is 5.28. The quantitative estimate of drug-likeness (QED) is 0.908. The van der Waals surface area contributed by atoms with E-state index in [9.17, 15) is 8.42 Å². The molecule has 0 bridgehead atoms. The standard InChI is InChI=1S/C12H10BrClN2O2S/c1-8-2-3-10(14)5-12(8)16-19(17,18)11-4-9(13)6-15-7-11/h2-7,16H,1H3. The molecule has 0 saturated heterocycles. The molecular formula is C12H10BrClN2O2S. The van der Waals surface area contributed by atoms with Crippen molar-refractivity contribution < 1.29 is 8.42 Å². The summed E-state index contributed by atoms with van der Waals surface area (Å²) in [5.74, 6) is 0. The second-order valence-corrected chi connectivity index (χ2v) is 6.94. The summed E-state index contributed by atoms with van der Waals surface area (Å²) >= 11 is 9.05. The van der Waals surface area contributed by atoms with E-state index in [0.717, 1.165) is 5.56 Å². The predicted molar refractivity (Wildman–Crippen MR) is 78.9 cm³/mol. The van der Waals surface area contributed by atoms with Crippen molar-refractivity contribution in [3.63, 3.8) is 0 Å². The number of sulfonamides is 1. The molecule has 0 atom stereocenters. The number of nitrogens with zero attached hydrogens (tertiary/aromatic N) is 1. The summed E-state index contributed by atoms with van der Waals surface area (Å²) in [5, 5.41) is 0.468. The zero-order chi connectivity index (χ0) is 14.0. The Morgan fingerprint density at radius 3 is 2.68 bits per heavy atom. The zero-order valence-corrected chi connectivity index (χ0v) is 13.1. The number of aromatic nitrogens is 1. The second kappa shape index (κ2) is 5.48. The third-order valence-electron chi connectivity index (χ3n) is 2.43. The Morgan fingerprint density at radius 2 is 2.00 bits per heavy atom. The van der Waals surface area contributed by atoms with Gasteiger partial charge in [-0.25, -0.2) is 8.42 Å². The maximum atomic E-state index is 12.2. The monoisotopic (exact) mass is 360 g/mol. The van der Waals surface area contributed by atoms with Crippen molar-refractivity contribution in [2.45, 2.75) is 11.8 Å². The maximum absolute atomic E-state index is 12.2. The van der Waals surface area contributed by atoms with Gasteiger partial charge in [-0.15, -0.1) is 0 Å². The van der Waals surface area contributed by atoms with Gasteiger partial charge >= 0.3 is 0 Å². The molecule has 0 saturated carbocycles. The summed E-state index contributed by atoms with van der Waals surface area (Å²) in [6.07, 6.45) is 2.80. The molecule has 0 unspecified atom stereocenters. The Balaban J connectivity index is 2.39. The molecule has 0 aliphatic carbocycles. The van der Waals surface area contributed by atoms with E-state index in [0.29, 0.717) is 15.2 Å². The van der Waals surface area contributed by atoms with E-state index in [-0.39, 0.29) is 4.90 Å². The molecule has 4 nitrogen and oxygen atoms in total. The lowest BCUT2D eigenvalue weighted by Crippen LogP contribution is -2.14. The van der Waals surface area contributed by atoms with Crippen molar-refractivity contribution in [2.24, 2.45) is 0 Å². The Kier molecular flexibility index (Phi) is 4.13. The van der Waals surface area contributed by atoms with Gasteiger partial charge in [0.1, 0.15) is 4.90 Å². The highest BCUT2D eigenvalue weighted by molar-refractivity contribution is 9.10. The van der Waals surface area contributed by atoms with Gasteiger partial charge in [0.15, 0.2) is 0 Å². The summed E-state index contributed by atoms with van der Waals surface area (Å²) < 4.78 is 27.5. The molecule has 0 spiro atoms. The van der Waals surface area contributed by atoms with E-state index in [1.807, 2.05) is 0 Å². The summed E-state index contributed by atoms with van der Waals surface area (Å²) in [4.78, 5) is 3.92. The van der Waals surface area contributed by atoms with Crippen LogP contribution in [0, 0.1) is 6.92 Å². The first kappa shape index (κ1) is 14.3. The molecule has 0 aliphatic rings. The molecule has 1 N–H and O–H groups in total. The molecule has 1 aromatic carbocycles. The van der Waals surface area contributed by atoms with Gasteiger partial charge in [0.25, 0.3) is 10.0 Å². The molecule has 2 rings (SSSR count). The highest BCUT2D eigenvalue weighted by Crippen LogP contribution is 2.24. The Labute approximate surface area is 125 Å². The van der Waals surface area contributed by atoms with Crippen LogP contribution in [0.5, 0.6) is 0 Å². The predicted octanol–water partition coefficient (Wildman–Crippen LogP) is 3.61. The highest BCUT2D eigenvalue weighted by atomic mass is 79.9. The molecule has 2 aromatic rings. The fourth-order valence-electron chi connectivity index (χ4n) is 1.45.